The third-order valence-corrected chi connectivity index (χ3v) is 6.17. The van der Waals surface area contributed by atoms with Crippen LogP contribution in [0.25, 0.3) is 5.69 Å². The number of hydrogen-bond donors (Lipinski definition) is 1. The van der Waals surface area contributed by atoms with Gasteiger partial charge in [-0.05, 0) is 55.8 Å². The van der Waals surface area contributed by atoms with Gasteiger partial charge in [0.05, 0.1) is 11.9 Å². The highest BCUT2D eigenvalue weighted by molar-refractivity contribution is 7.92. The van der Waals surface area contributed by atoms with Crippen LogP contribution in [0.4, 0.5) is 5.69 Å². The standard InChI is InChI=1S/C21H23ClN4O3S/c1-15(26(30(3,28)29)20-10-6-18(22)7-11-20)21(27)24-14-17-4-8-19(9-5-17)25-13-12-23-16(25)2/h4-13,15H,14H2,1-3H3,(H,24,27)/t15-/m0/s1. The topological polar surface area (TPSA) is 84.3 Å². The minimum atomic E-state index is -3.67. The number of benzene rings is 2. The zero-order chi connectivity index (χ0) is 21.9. The second-order valence-corrected chi connectivity index (χ2v) is 9.24. The molecule has 0 aliphatic rings. The SMILES string of the molecule is Cc1nccn1-c1ccc(CNC(=O)[C@H](C)N(c2ccc(Cl)cc2)S(C)(=O)=O)cc1. The van der Waals surface area contributed by atoms with Crippen LogP contribution in [0.3, 0.4) is 0 Å². The van der Waals surface area contributed by atoms with Crippen molar-refractivity contribution in [3.8, 4) is 5.69 Å². The Hall–Kier alpha value is -2.84. The van der Waals surface area contributed by atoms with Crippen molar-refractivity contribution < 1.29 is 13.2 Å². The third kappa shape index (κ3) is 5.01. The minimum absolute atomic E-state index is 0.282. The molecule has 1 atom stereocenters. The smallest absolute Gasteiger partial charge is 0.243 e. The van der Waals surface area contributed by atoms with Gasteiger partial charge >= 0.3 is 0 Å². The van der Waals surface area contributed by atoms with Crippen molar-refractivity contribution in [1.82, 2.24) is 14.9 Å². The fraction of sp³-hybridized carbons (Fsp3) is 0.238. The lowest BCUT2D eigenvalue weighted by Crippen LogP contribution is -2.47. The molecular weight excluding hydrogens is 424 g/mol. The maximum Gasteiger partial charge on any atom is 0.243 e. The molecule has 0 unspecified atom stereocenters. The number of halogens is 1. The number of rotatable bonds is 7. The molecule has 7 nitrogen and oxygen atoms in total. The zero-order valence-corrected chi connectivity index (χ0v) is 18.5. The molecule has 0 radical (unpaired) electrons. The van der Waals surface area contributed by atoms with E-state index in [1.165, 1.54) is 0 Å². The molecule has 2 aromatic carbocycles. The molecule has 0 saturated carbocycles. The fourth-order valence-corrected chi connectivity index (χ4v) is 4.46. The Morgan fingerprint density at radius 1 is 1.17 bits per heavy atom. The van der Waals surface area contributed by atoms with Crippen LogP contribution in [0.15, 0.2) is 60.9 Å². The summed E-state index contributed by atoms with van der Waals surface area (Å²) in [4.78, 5) is 16.9. The number of sulfonamides is 1. The molecule has 1 amide bonds. The summed E-state index contributed by atoms with van der Waals surface area (Å²) in [5.74, 6) is 0.484. The summed E-state index contributed by atoms with van der Waals surface area (Å²) in [6.07, 6.45) is 4.69. The van der Waals surface area contributed by atoms with Crippen LogP contribution in [-0.2, 0) is 21.4 Å². The normalized spacial score (nSPS) is 12.4. The number of carbonyl (C=O) groups excluding carboxylic acids is 1. The van der Waals surface area contributed by atoms with Crippen LogP contribution in [-0.4, -0.2) is 36.2 Å². The Kier molecular flexibility index (Phi) is 6.48. The summed E-state index contributed by atoms with van der Waals surface area (Å²) in [5, 5.41) is 3.29. The van der Waals surface area contributed by atoms with Gasteiger partial charge < -0.3 is 9.88 Å². The lowest BCUT2D eigenvalue weighted by atomic mass is 10.2. The molecule has 1 aromatic heterocycles. The van der Waals surface area contributed by atoms with Crippen molar-refractivity contribution in [2.24, 2.45) is 0 Å². The second kappa shape index (κ2) is 8.89. The second-order valence-electron chi connectivity index (χ2n) is 6.94. The van der Waals surface area contributed by atoms with E-state index < -0.39 is 22.0 Å². The van der Waals surface area contributed by atoms with E-state index in [0.717, 1.165) is 27.6 Å². The van der Waals surface area contributed by atoms with Gasteiger partial charge in [-0.25, -0.2) is 13.4 Å². The molecule has 0 saturated heterocycles. The summed E-state index contributed by atoms with van der Waals surface area (Å²) in [6, 6.07) is 13.1. The molecule has 1 heterocycles. The molecule has 158 valence electrons. The van der Waals surface area contributed by atoms with Crippen LogP contribution in [0.1, 0.15) is 18.3 Å². The predicted molar refractivity (Wildman–Crippen MR) is 118 cm³/mol. The quantitative estimate of drug-likeness (QED) is 0.603. The van der Waals surface area contributed by atoms with Gasteiger partial charge in [0.1, 0.15) is 11.9 Å². The van der Waals surface area contributed by atoms with Gasteiger partial charge in [-0.2, -0.15) is 0 Å². The van der Waals surface area contributed by atoms with Crippen molar-refractivity contribution in [2.75, 3.05) is 10.6 Å². The molecule has 9 heteroatoms. The Labute approximate surface area is 181 Å². The van der Waals surface area contributed by atoms with E-state index in [9.17, 15) is 13.2 Å². The number of hydrogen-bond acceptors (Lipinski definition) is 4. The number of anilines is 1. The van der Waals surface area contributed by atoms with Crippen LogP contribution in [0.2, 0.25) is 5.02 Å². The van der Waals surface area contributed by atoms with Crippen LogP contribution in [0.5, 0.6) is 0 Å². The van der Waals surface area contributed by atoms with E-state index in [-0.39, 0.29) is 6.54 Å². The monoisotopic (exact) mass is 446 g/mol. The number of carbonyl (C=O) groups is 1. The largest absolute Gasteiger partial charge is 0.350 e. The van der Waals surface area contributed by atoms with Gasteiger partial charge in [0, 0.05) is 29.6 Å². The van der Waals surface area contributed by atoms with E-state index in [1.54, 1.807) is 37.4 Å². The Morgan fingerprint density at radius 2 is 1.80 bits per heavy atom. The molecule has 1 N–H and O–H groups in total. The maximum absolute atomic E-state index is 12.7. The lowest BCUT2D eigenvalue weighted by Gasteiger charge is -2.28. The summed E-state index contributed by atoms with van der Waals surface area (Å²) in [5.41, 5.74) is 2.25. The lowest BCUT2D eigenvalue weighted by molar-refractivity contribution is -0.122. The average Bonchev–Trinajstić information content (AvgIpc) is 3.13. The molecule has 30 heavy (non-hydrogen) atoms. The maximum atomic E-state index is 12.7. The van der Waals surface area contributed by atoms with Crippen molar-refractivity contribution in [3.05, 3.63) is 77.3 Å². The highest BCUT2D eigenvalue weighted by Crippen LogP contribution is 2.23. The molecular formula is C21H23ClN4O3S. The van der Waals surface area contributed by atoms with E-state index >= 15 is 0 Å². The average molecular weight is 447 g/mol. The van der Waals surface area contributed by atoms with E-state index in [0.29, 0.717) is 10.7 Å². The number of aromatic nitrogens is 2. The summed E-state index contributed by atoms with van der Waals surface area (Å²) in [7, 11) is -3.67. The van der Waals surface area contributed by atoms with Gasteiger partial charge in [0.25, 0.3) is 0 Å². The first-order valence-corrected chi connectivity index (χ1v) is 11.5. The fourth-order valence-electron chi connectivity index (χ4n) is 3.16. The van der Waals surface area contributed by atoms with Gasteiger partial charge in [0.2, 0.25) is 15.9 Å². The first-order valence-electron chi connectivity index (χ1n) is 9.29. The van der Waals surface area contributed by atoms with Crippen LogP contribution in [0, 0.1) is 6.92 Å². The van der Waals surface area contributed by atoms with Gasteiger partial charge in [-0.3, -0.25) is 9.10 Å². The predicted octanol–water partition coefficient (Wildman–Crippen LogP) is 3.31. The Balaban J connectivity index is 1.69. The molecule has 0 bridgehead atoms. The van der Waals surface area contributed by atoms with Gasteiger partial charge in [0.15, 0.2) is 0 Å². The minimum Gasteiger partial charge on any atom is -0.350 e. The third-order valence-electron chi connectivity index (χ3n) is 4.68. The van der Waals surface area contributed by atoms with E-state index in [1.807, 2.05) is 42.0 Å². The van der Waals surface area contributed by atoms with Crippen molar-refractivity contribution in [3.63, 3.8) is 0 Å². The zero-order valence-electron chi connectivity index (χ0n) is 16.9. The van der Waals surface area contributed by atoms with Crippen molar-refractivity contribution >= 4 is 33.2 Å². The van der Waals surface area contributed by atoms with Crippen molar-refractivity contribution in [1.29, 1.82) is 0 Å². The number of nitrogens with zero attached hydrogens (tertiary/aromatic N) is 3. The molecule has 0 fully saturated rings. The van der Waals surface area contributed by atoms with Gasteiger partial charge in [-0.15, -0.1) is 0 Å². The highest BCUT2D eigenvalue weighted by atomic mass is 35.5. The summed E-state index contributed by atoms with van der Waals surface area (Å²) >= 11 is 5.89. The first kappa shape index (κ1) is 21.9. The van der Waals surface area contributed by atoms with Crippen molar-refractivity contribution in [2.45, 2.75) is 26.4 Å². The van der Waals surface area contributed by atoms with Crippen LogP contribution >= 0.6 is 11.6 Å². The summed E-state index contributed by atoms with van der Waals surface area (Å²) in [6.45, 7) is 3.75. The summed E-state index contributed by atoms with van der Waals surface area (Å²) < 4.78 is 27.7. The molecule has 3 aromatic rings. The highest BCUT2D eigenvalue weighted by Gasteiger charge is 2.28. The van der Waals surface area contributed by atoms with Crippen LogP contribution < -0.4 is 9.62 Å². The number of aryl methyl sites for hydroxylation is 1. The number of imidazole rings is 1. The number of nitrogens with one attached hydrogen (secondary N) is 1. The molecule has 3 rings (SSSR count). The molecule has 0 aliphatic carbocycles. The molecule has 0 spiro atoms. The molecule has 0 aliphatic heterocycles. The first-order chi connectivity index (χ1) is 14.2. The van der Waals surface area contributed by atoms with E-state index in [4.69, 9.17) is 11.6 Å². The van der Waals surface area contributed by atoms with Gasteiger partial charge in [-0.1, -0.05) is 23.7 Å². The Bertz CT molecular complexity index is 1130. The Morgan fingerprint density at radius 3 is 2.33 bits per heavy atom. The number of amides is 1. The van der Waals surface area contributed by atoms with E-state index in [2.05, 4.69) is 10.3 Å².